The van der Waals surface area contributed by atoms with Crippen molar-refractivity contribution in [3.05, 3.63) is 59.2 Å². The summed E-state index contributed by atoms with van der Waals surface area (Å²) in [7, 11) is 0. The van der Waals surface area contributed by atoms with E-state index in [0.29, 0.717) is 0 Å². The second-order valence-electron chi connectivity index (χ2n) is 5.13. The van der Waals surface area contributed by atoms with E-state index >= 15 is 0 Å². The van der Waals surface area contributed by atoms with Crippen LogP contribution in [0.1, 0.15) is 30.0 Å². The van der Waals surface area contributed by atoms with Crippen LogP contribution in [0.2, 0.25) is 0 Å². The van der Waals surface area contributed by atoms with Gasteiger partial charge in [-0.05, 0) is 43.5 Å². The fraction of sp³-hybridized carbons (Fsp3) is 0.333. The van der Waals surface area contributed by atoms with E-state index in [4.69, 9.17) is 4.74 Å². The van der Waals surface area contributed by atoms with Crippen LogP contribution in [0.25, 0.3) is 0 Å². The Bertz CT molecular complexity index is 563. The highest BCUT2D eigenvalue weighted by atomic mass is 16.5. The number of nitrogens with one attached hydrogen (secondary N) is 1. The van der Waals surface area contributed by atoms with Gasteiger partial charge in [0.15, 0.2) is 0 Å². The minimum Gasteiger partial charge on any atom is -0.491 e. The molecule has 0 aliphatic carbocycles. The lowest BCUT2D eigenvalue weighted by Crippen LogP contribution is -2.04. The molecule has 2 nitrogen and oxygen atoms in total. The van der Waals surface area contributed by atoms with E-state index in [9.17, 15) is 0 Å². The molecule has 2 aromatic rings. The normalized spacial score (nSPS) is 10.3. The summed E-state index contributed by atoms with van der Waals surface area (Å²) in [5.74, 6) is 0.930. The van der Waals surface area contributed by atoms with Crippen molar-refractivity contribution in [1.29, 1.82) is 0 Å². The molecule has 1 N–H and O–H groups in total. The lowest BCUT2D eigenvalue weighted by atomic mass is 10.1. The first-order valence-corrected chi connectivity index (χ1v) is 7.22. The minimum absolute atomic E-state index is 0.752. The van der Waals surface area contributed by atoms with Crippen LogP contribution >= 0.6 is 0 Å². The predicted molar refractivity (Wildman–Crippen MR) is 85.5 cm³/mol. The van der Waals surface area contributed by atoms with Gasteiger partial charge in [-0.15, -0.1) is 0 Å². The summed E-state index contributed by atoms with van der Waals surface area (Å²) in [6.45, 7) is 7.96. The molecule has 0 atom stereocenters. The molecule has 0 saturated carbocycles. The summed E-state index contributed by atoms with van der Waals surface area (Å²) in [6, 6.07) is 14.7. The van der Waals surface area contributed by atoms with Crippen molar-refractivity contribution in [2.45, 2.75) is 33.7 Å². The molecule has 0 aliphatic heterocycles. The monoisotopic (exact) mass is 269 g/mol. The molecule has 0 spiro atoms. The first-order valence-electron chi connectivity index (χ1n) is 7.22. The molecule has 0 aliphatic rings. The lowest BCUT2D eigenvalue weighted by molar-refractivity contribution is 0.319. The van der Waals surface area contributed by atoms with E-state index in [0.717, 1.165) is 31.0 Å². The van der Waals surface area contributed by atoms with Gasteiger partial charge in [0.1, 0.15) is 5.75 Å². The Labute approximate surface area is 121 Å². The fourth-order valence-electron chi connectivity index (χ4n) is 2.13. The van der Waals surface area contributed by atoms with Gasteiger partial charge in [0, 0.05) is 6.54 Å². The average molecular weight is 269 g/mol. The van der Waals surface area contributed by atoms with Gasteiger partial charge in [-0.25, -0.2) is 0 Å². The van der Waals surface area contributed by atoms with Crippen LogP contribution in [0.15, 0.2) is 42.5 Å². The van der Waals surface area contributed by atoms with Crippen molar-refractivity contribution >= 4 is 5.69 Å². The number of ether oxygens (including phenoxy) is 1. The summed E-state index contributed by atoms with van der Waals surface area (Å²) < 4.78 is 5.77. The van der Waals surface area contributed by atoms with Gasteiger partial charge in [0.25, 0.3) is 0 Å². The van der Waals surface area contributed by atoms with E-state index in [2.05, 4.69) is 50.4 Å². The van der Waals surface area contributed by atoms with E-state index in [1.165, 1.54) is 16.7 Å². The summed E-state index contributed by atoms with van der Waals surface area (Å²) in [4.78, 5) is 0. The van der Waals surface area contributed by atoms with Crippen LogP contribution in [0.3, 0.4) is 0 Å². The van der Waals surface area contributed by atoms with Gasteiger partial charge in [-0.2, -0.15) is 0 Å². The third kappa shape index (κ3) is 3.77. The van der Waals surface area contributed by atoms with Crippen molar-refractivity contribution in [2.24, 2.45) is 0 Å². The van der Waals surface area contributed by atoms with Crippen molar-refractivity contribution in [2.75, 3.05) is 11.9 Å². The third-order valence-corrected chi connectivity index (χ3v) is 3.32. The quantitative estimate of drug-likeness (QED) is 0.820. The molecule has 2 rings (SSSR count). The minimum atomic E-state index is 0.752. The smallest absolute Gasteiger partial charge is 0.142 e. The van der Waals surface area contributed by atoms with Gasteiger partial charge < -0.3 is 10.1 Å². The molecule has 0 amide bonds. The highest BCUT2D eigenvalue weighted by Gasteiger charge is 2.04. The summed E-state index contributed by atoms with van der Waals surface area (Å²) in [6.07, 6.45) is 1.02. The number of aryl methyl sites for hydroxylation is 2. The fourth-order valence-corrected chi connectivity index (χ4v) is 2.13. The molecule has 0 saturated heterocycles. The molecular weight excluding hydrogens is 246 g/mol. The molecule has 20 heavy (non-hydrogen) atoms. The maximum Gasteiger partial charge on any atom is 0.142 e. The standard InChI is InChI=1S/C18H23NO/c1-4-11-20-18-8-6-5-7-17(18)19-13-16-12-14(2)9-10-15(16)3/h5-10,12,19H,4,11,13H2,1-3H3. The molecule has 2 aromatic carbocycles. The number of hydrogen-bond acceptors (Lipinski definition) is 2. The Morgan fingerprint density at radius 2 is 1.85 bits per heavy atom. The molecule has 0 aromatic heterocycles. The van der Waals surface area contributed by atoms with Crippen LogP contribution in [0.4, 0.5) is 5.69 Å². The molecule has 0 fully saturated rings. The van der Waals surface area contributed by atoms with Crippen molar-refractivity contribution in [3.63, 3.8) is 0 Å². The summed E-state index contributed by atoms with van der Waals surface area (Å²) >= 11 is 0. The largest absolute Gasteiger partial charge is 0.491 e. The van der Waals surface area contributed by atoms with Gasteiger partial charge >= 0.3 is 0 Å². The molecule has 106 valence electrons. The number of anilines is 1. The third-order valence-electron chi connectivity index (χ3n) is 3.32. The zero-order chi connectivity index (χ0) is 14.4. The Kier molecular flexibility index (Phi) is 5.05. The summed E-state index contributed by atoms with van der Waals surface area (Å²) in [5.41, 5.74) is 5.00. The van der Waals surface area contributed by atoms with E-state index in [1.54, 1.807) is 0 Å². The summed E-state index contributed by atoms with van der Waals surface area (Å²) in [5, 5.41) is 3.48. The Morgan fingerprint density at radius 3 is 2.65 bits per heavy atom. The number of hydrogen-bond donors (Lipinski definition) is 1. The first kappa shape index (κ1) is 14.4. The average Bonchev–Trinajstić information content (AvgIpc) is 2.47. The predicted octanol–water partition coefficient (Wildman–Crippen LogP) is 4.70. The highest BCUT2D eigenvalue weighted by molar-refractivity contribution is 5.56. The van der Waals surface area contributed by atoms with Crippen LogP contribution < -0.4 is 10.1 Å². The topological polar surface area (TPSA) is 21.3 Å². The molecule has 0 radical (unpaired) electrons. The number of para-hydroxylation sites is 2. The van der Waals surface area contributed by atoms with Crippen LogP contribution in [-0.2, 0) is 6.54 Å². The Balaban J connectivity index is 2.08. The van der Waals surface area contributed by atoms with Gasteiger partial charge in [-0.3, -0.25) is 0 Å². The van der Waals surface area contributed by atoms with Crippen LogP contribution in [-0.4, -0.2) is 6.61 Å². The second kappa shape index (κ2) is 6.99. The van der Waals surface area contributed by atoms with Crippen molar-refractivity contribution in [3.8, 4) is 5.75 Å². The molecule has 0 unspecified atom stereocenters. The lowest BCUT2D eigenvalue weighted by Gasteiger charge is -2.14. The number of rotatable bonds is 6. The zero-order valence-corrected chi connectivity index (χ0v) is 12.6. The highest BCUT2D eigenvalue weighted by Crippen LogP contribution is 2.25. The maximum absolute atomic E-state index is 5.77. The Morgan fingerprint density at radius 1 is 1.05 bits per heavy atom. The molecule has 0 bridgehead atoms. The van der Waals surface area contributed by atoms with E-state index in [1.807, 2.05) is 18.2 Å². The molecule has 2 heteroatoms. The van der Waals surface area contributed by atoms with Gasteiger partial charge in [-0.1, -0.05) is 42.8 Å². The van der Waals surface area contributed by atoms with Gasteiger partial charge in [0.2, 0.25) is 0 Å². The van der Waals surface area contributed by atoms with E-state index < -0.39 is 0 Å². The van der Waals surface area contributed by atoms with Crippen molar-refractivity contribution < 1.29 is 4.74 Å². The zero-order valence-electron chi connectivity index (χ0n) is 12.6. The van der Waals surface area contributed by atoms with Gasteiger partial charge in [0.05, 0.1) is 12.3 Å². The second-order valence-corrected chi connectivity index (χ2v) is 5.13. The van der Waals surface area contributed by atoms with E-state index in [-0.39, 0.29) is 0 Å². The first-order chi connectivity index (χ1) is 9.70. The van der Waals surface area contributed by atoms with Crippen LogP contribution in [0.5, 0.6) is 5.75 Å². The molecule has 0 heterocycles. The maximum atomic E-state index is 5.77. The number of benzene rings is 2. The SMILES string of the molecule is CCCOc1ccccc1NCc1cc(C)ccc1C. The Hall–Kier alpha value is -1.96. The molecular formula is C18H23NO. The van der Waals surface area contributed by atoms with Crippen LogP contribution in [0, 0.1) is 13.8 Å². The van der Waals surface area contributed by atoms with Crippen molar-refractivity contribution in [1.82, 2.24) is 0 Å².